The van der Waals surface area contributed by atoms with Crippen LogP contribution in [0.4, 0.5) is 0 Å². The van der Waals surface area contributed by atoms with Crippen molar-refractivity contribution in [3.63, 3.8) is 0 Å². The molecule has 0 saturated carbocycles. The van der Waals surface area contributed by atoms with Crippen molar-refractivity contribution in [2.24, 2.45) is 0 Å². The number of methoxy groups -OCH3 is 1. The van der Waals surface area contributed by atoms with Gasteiger partial charge in [0.2, 0.25) is 5.91 Å². The van der Waals surface area contributed by atoms with Crippen LogP contribution in [0.3, 0.4) is 0 Å². The number of rotatable bonds is 9. The lowest BCUT2D eigenvalue weighted by atomic mass is 9.92. The van der Waals surface area contributed by atoms with Gasteiger partial charge in [0.05, 0.1) is 13.4 Å². The van der Waals surface area contributed by atoms with Crippen molar-refractivity contribution in [1.82, 2.24) is 4.90 Å². The molecule has 1 atom stereocenters. The number of hydrogen-bond donors (Lipinski definition) is 0. The minimum atomic E-state index is 0.0223. The van der Waals surface area contributed by atoms with Crippen molar-refractivity contribution < 1.29 is 13.9 Å². The molecular weight excluding hydrogens is 350 g/mol. The molecule has 0 radical (unpaired) electrons. The zero-order chi connectivity index (χ0) is 19.8. The third-order valence-corrected chi connectivity index (χ3v) is 4.96. The van der Waals surface area contributed by atoms with Gasteiger partial charge in [0.25, 0.3) is 0 Å². The second-order valence-corrected chi connectivity index (χ2v) is 6.75. The Morgan fingerprint density at radius 1 is 1.04 bits per heavy atom. The first kappa shape index (κ1) is 19.7. The Labute approximate surface area is 166 Å². The van der Waals surface area contributed by atoms with Crippen LogP contribution in [0.15, 0.2) is 77.4 Å². The van der Waals surface area contributed by atoms with Gasteiger partial charge in [0.1, 0.15) is 11.5 Å². The average molecular weight is 377 g/mol. The molecule has 28 heavy (non-hydrogen) atoms. The smallest absolute Gasteiger partial charge is 0.222 e. The lowest BCUT2D eigenvalue weighted by molar-refractivity contribution is -0.131. The molecule has 3 rings (SSSR count). The molecule has 0 aliphatic heterocycles. The Morgan fingerprint density at radius 2 is 1.79 bits per heavy atom. The highest BCUT2D eigenvalue weighted by Crippen LogP contribution is 2.34. The summed E-state index contributed by atoms with van der Waals surface area (Å²) < 4.78 is 11.3. The first-order valence-corrected chi connectivity index (χ1v) is 9.71. The van der Waals surface area contributed by atoms with Gasteiger partial charge in [0, 0.05) is 31.0 Å². The molecule has 0 N–H and O–H groups in total. The van der Waals surface area contributed by atoms with E-state index >= 15 is 0 Å². The van der Waals surface area contributed by atoms with Crippen LogP contribution >= 0.6 is 0 Å². The maximum absolute atomic E-state index is 12.6. The van der Waals surface area contributed by atoms with Gasteiger partial charge in [-0.1, -0.05) is 55.5 Å². The van der Waals surface area contributed by atoms with Crippen LogP contribution in [-0.4, -0.2) is 24.5 Å². The molecule has 2 aromatic carbocycles. The lowest BCUT2D eigenvalue weighted by Crippen LogP contribution is -2.31. The molecular formula is C24H27NO3. The van der Waals surface area contributed by atoms with Gasteiger partial charge in [-0.3, -0.25) is 4.79 Å². The Balaban J connectivity index is 1.82. The van der Waals surface area contributed by atoms with Crippen LogP contribution in [-0.2, 0) is 11.3 Å². The Kier molecular flexibility index (Phi) is 6.90. The van der Waals surface area contributed by atoms with Gasteiger partial charge in [-0.25, -0.2) is 0 Å². The summed E-state index contributed by atoms with van der Waals surface area (Å²) in [6.07, 6.45) is 2.94. The van der Waals surface area contributed by atoms with E-state index in [9.17, 15) is 4.79 Å². The zero-order valence-corrected chi connectivity index (χ0v) is 16.5. The Morgan fingerprint density at radius 3 is 2.46 bits per heavy atom. The molecule has 1 aromatic heterocycles. The fourth-order valence-electron chi connectivity index (χ4n) is 3.50. The van der Waals surface area contributed by atoms with Crippen molar-refractivity contribution in [1.29, 1.82) is 0 Å². The largest absolute Gasteiger partial charge is 0.496 e. The molecule has 1 unspecified atom stereocenters. The van der Waals surface area contributed by atoms with Gasteiger partial charge in [-0.15, -0.1) is 0 Å². The number of carbonyl (C=O) groups is 1. The van der Waals surface area contributed by atoms with Gasteiger partial charge in [0.15, 0.2) is 0 Å². The minimum absolute atomic E-state index is 0.0223. The van der Waals surface area contributed by atoms with E-state index in [0.29, 0.717) is 19.5 Å². The van der Waals surface area contributed by atoms with E-state index < -0.39 is 0 Å². The first-order valence-electron chi connectivity index (χ1n) is 9.71. The minimum Gasteiger partial charge on any atom is -0.496 e. The summed E-state index contributed by atoms with van der Waals surface area (Å²) >= 11 is 0. The summed E-state index contributed by atoms with van der Waals surface area (Å²) in [5, 5.41) is 0. The number of nitrogens with zero attached hydrogens (tertiary/aromatic N) is 1. The predicted octanol–water partition coefficient (Wildman–Crippen LogP) is 5.25. The Bertz CT molecular complexity index is 859. The summed E-state index contributed by atoms with van der Waals surface area (Å²) in [4.78, 5) is 14.5. The highest BCUT2D eigenvalue weighted by molar-refractivity contribution is 5.75. The van der Waals surface area contributed by atoms with E-state index in [1.54, 1.807) is 13.4 Å². The van der Waals surface area contributed by atoms with Crippen molar-refractivity contribution >= 4 is 5.91 Å². The molecule has 1 heterocycles. The van der Waals surface area contributed by atoms with Crippen molar-refractivity contribution in [3.8, 4) is 5.75 Å². The monoisotopic (exact) mass is 377 g/mol. The van der Waals surface area contributed by atoms with E-state index in [2.05, 4.69) is 18.2 Å². The van der Waals surface area contributed by atoms with E-state index in [1.807, 2.05) is 60.4 Å². The van der Waals surface area contributed by atoms with Crippen LogP contribution in [0, 0.1) is 0 Å². The first-order chi connectivity index (χ1) is 13.7. The maximum atomic E-state index is 12.6. The lowest BCUT2D eigenvalue weighted by Gasteiger charge is -2.25. The summed E-state index contributed by atoms with van der Waals surface area (Å²) in [5.74, 6) is 1.89. The fraction of sp³-hybridized carbons (Fsp3) is 0.292. The highest BCUT2D eigenvalue weighted by Gasteiger charge is 2.23. The number of furan rings is 1. The average Bonchev–Trinajstić information content (AvgIpc) is 3.28. The van der Waals surface area contributed by atoms with Crippen molar-refractivity contribution in [2.75, 3.05) is 13.7 Å². The number of hydrogen-bond acceptors (Lipinski definition) is 3. The molecule has 146 valence electrons. The van der Waals surface area contributed by atoms with Gasteiger partial charge in [-0.05, 0) is 30.2 Å². The van der Waals surface area contributed by atoms with Crippen LogP contribution < -0.4 is 4.74 Å². The molecule has 0 aliphatic rings. The van der Waals surface area contributed by atoms with Gasteiger partial charge >= 0.3 is 0 Å². The third kappa shape index (κ3) is 4.83. The number of carbonyl (C=O) groups excluding carboxylic acids is 1. The number of amides is 1. The molecule has 0 bridgehead atoms. The third-order valence-electron chi connectivity index (χ3n) is 4.96. The number of para-hydroxylation sites is 1. The van der Waals surface area contributed by atoms with E-state index in [4.69, 9.17) is 9.15 Å². The highest BCUT2D eigenvalue weighted by atomic mass is 16.5. The maximum Gasteiger partial charge on any atom is 0.222 e. The zero-order valence-electron chi connectivity index (χ0n) is 16.5. The van der Waals surface area contributed by atoms with Crippen LogP contribution in [0.1, 0.15) is 42.6 Å². The molecule has 0 aliphatic carbocycles. The number of benzene rings is 2. The summed E-state index contributed by atoms with van der Waals surface area (Å²) in [7, 11) is 1.68. The molecule has 0 fully saturated rings. The van der Waals surface area contributed by atoms with E-state index in [0.717, 1.165) is 29.1 Å². The topological polar surface area (TPSA) is 42.7 Å². The molecule has 4 heteroatoms. The SMILES string of the molecule is CCC(=O)N(CCC(c1ccco1)c1ccccc1OC)Cc1ccccc1. The summed E-state index contributed by atoms with van der Waals surface area (Å²) in [5.41, 5.74) is 2.21. The standard InChI is InChI=1S/C24H27NO3/c1-3-24(26)25(18-19-10-5-4-6-11-19)16-15-21(23-14-9-17-28-23)20-12-7-8-13-22(20)27-2/h4-14,17,21H,3,15-16,18H2,1-2H3. The van der Waals surface area contributed by atoms with Gasteiger partial charge < -0.3 is 14.1 Å². The van der Waals surface area contributed by atoms with Crippen LogP contribution in [0.25, 0.3) is 0 Å². The molecule has 0 spiro atoms. The quantitative estimate of drug-likeness (QED) is 0.511. The fourth-order valence-corrected chi connectivity index (χ4v) is 3.50. The molecule has 4 nitrogen and oxygen atoms in total. The van der Waals surface area contributed by atoms with Gasteiger partial charge in [-0.2, -0.15) is 0 Å². The molecule has 3 aromatic rings. The molecule has 1 amide bonds. The van der Waals surface area contributed by atoms with Crippen LogP contribution in [0.2, 0.25) is 0 Å². The van der Waals surface area contributed by atoms with E-state index in [1.165, 1.54) is 0 Å². The summed E-state index contributed by atoms with van der Waals surface area (Å²) in [6, 6.07) is 22.0. The van der Waals surface area contributed by atoms with Crippen LogP contribution in [0.5, 0.6) is 5.75 Å². The second kappa shape index (κ2) is 9.79. The normalized spacial score (nSPS) is 11.8. The van der Waals surface area contributed by atoms with E-state index in [-0.39, 0.29) is 11.8 Å². The Hall–Kier alpha value is -3.01. The van der Waals surface area contributed by atoms with Crippen molar-refractivity contribution in [3.05, 3.63) is 89.9 Å². The number of ether oxygens (including phenoxy) is 1. The predicted molar refractivity (Wildman–Crippen MR) is 110 cm³/mol. The summed E-state index contributed by atoms with van der Waals surface area (Å²) in [6.45, 7) is 3.17. The second-order valence-electron chi connectivity index (χ2n) is 6.75. The molecule has 0 saturated heterocycles. The van der Waals surface area contributed by atoms with Crippen molar-refractivity contribution in [2.45, 2.75) is 32.2 Å².